The molecular weight excluding hydrogens is 819 g/mol. The van der Waals surface area contributed by atoms with E-state index in [-0.39, 0.29) is 47.1 Å². The fourth-order valence-electron chi connectivity index (χ4n) is 11.3. The van der Waals surface area contributed by atoms with Crippen LogP contribution in [0.4, 0.5) is 17.5 Å². The topological polar surface area (TPSA) is 173 Å². The Morgan fingerprint density at radius 1 is 0.905 bits per heavy atom. The first-order chi connectivity index (χ1) is 30.5. The summed E-state index contributed by atoms with van der Waals surface area (Å²) in [6.45, 7) is 6.10. The standard InChI is InChI=1S/C47H61N9O6S/c1-30-25-37(13-14-39(30)51-45-49-28-38-43(52-45)56(34-5-3-4-6-34)44(58)47(38)19-20-47)63(60,61)50-21-24-62-36-11-7-31(8-12-36)29-54-22-17-32(18-23-54)33-9-15-40-41(26-33)53(2)46(59)55(40)35-10-16-42(57)48-27-35/h9,13-15,25-26,28,31-32,34-36,50H,3-8,10-12,16-24,27,29H2,1-2H3,(H,48,57)(H,49,51,52). The zero-order valence-electron chi connectivity index (χ0n) is 36.6. The number of hydrogen-bond donors (Lipinski definition) is 3. The molecule has 336 valence electrons. The van der Waals surface area contributed by atoms with Gasteiger partial charge in [0.15, 0.2) is 0 Å². The maximum Gasteiger partial charge on any atom is 0.329 e. The molecule has 1 unspecified atom stereocenters. The number of benzene rings is 2. The van der Waals surface area contributed by atoms with E-state index in [1.807, 2.05) is 23.4 Å². The quantitative estimate of drug-likeness (QED) is 0.142. The lowest BCUT2D eigenvalue weighted by atomic mass is 9.85. The molecule has 10 rings (SSSR count). The molecule has 63 heavy (non-hydrogen) atoms. The van der Waals surface area contributed by atoms with Gasteiger partial charge in [-0.25, -0.2) is 22.9 Å². The van der Waals surface area contributed by atoms with Crippen molar-refractivity contribution < 1.29 is 22.7 Å². The van der Waals surface area contributed by atoms with Gasteiger partial charge in [-0.1, -0.05) is 18.9 Å². The van der Waals surface area contributed by atoms with Crippen LogP contribution < -0.4 is 25.9 Å². The Bertz CT molecular complexity index is 2550. The van der Waals surface area contributed by atoms with Gasteiger partial charge in [0, 0.05) is 56.6 Å². The summed E-state index contributed by atoms with van der Waals surface area (Å²) in [5, 5.41) is 6.20. The summed E-state index contributed by atoms with van der Waals surface area (Å²) in [5.74, 6) is 2.46. The summed E-state index contributed by atoms with van der Waals surface area (Å²) in [4.78, 5) is 52.6. The number of carbonyl (C=O) groups excluding carboxylic acids is 2. The Morgan fingerprint density at radius 2 is 1.68 bits per heavy atom. The van der Waals surface area contributed by atoms with E-state index in [0.29, 0.717) is 49.5 Å². The van der Waals surface area contributed by atoms with Crippen LogP contribution in [0.1, 0.15) is 119 Å². The SMILES string of the molecule is Cc1cc(S(=O)(=O)NCCOC2CCC(CN3CCC(c4ccc5c(c4)n(C)c(=O)n5C4CCC(=O)NC4)CC3)CC2)ccc1Nc1ncc2c(n1)N(C1CCCC1)C(=O)C21CC1. The van der Waals surface area contributed by atoms with Crippen molar-refractivity contribution in [1.29, 1.82) is 0 Å². The van der Waals surface area contributed by atoms with Crippen LogP contribution in [-0.2, 0) is 36.8 Å². The highest BCUT2D eigenvalue weighted by atomic mass is 32.2. The second-order valence-electron chi connectivity index (χ2n) is 19.2. The number of sulfonamides is 1. The van der Waals surface area contributed by atoms with E-state index in [9.17, 15) is 22.8 Å². The van der Waals surface area contributed by atoms with Gasteiger partial charge in [0.05, 0.1) is 40.1 Å². The van der Waals surface area contributed by atoms with Crippen LogP contribution in [0.25, 0.3) is 11.0 Å². The predicted molar refractivity (Wildman–Crippen MR) is 241 cm³/mol. The molecule has 2 aromatic heterocycles. The average molecular weight is 880 g/mol. The molecule has 0 radical (unpaired) electrons. The highest BCUT2D eigenvalue weighted by molar-refractivity contribution is 7.89. The third-order valence-electron chi connectivity index (χ3n) is 15.2. The van der Waals surface area contributed by atoms with E-state index in [1.54, 1.807) is 29.0 Å². The van der Waals surface area contributed by atoms with Gasteiger partial charge in [0.25, 0.3) is 0 Å². The lowest BCUT2D eigenvalue weighted by molar-refractivity contribution is -0.123. The summed E-state index contributed by atoms with van der Waals surface area (Å²) in [7, 11) is -1.89. The highest BCUT2D eigenvalue weighted by Crippen LogP contribution is 2.58. The number of piperidine rings is 2. The maximum absolute atomic E-state index is 13.5. The van der Waals surface area contributed by atoms with E-state index >= 15 is 0 Å². The Hall–Kier alpha value is -4.64. The molecule has 0 bridgehead atoms. The fourth-order valence-corrected chi connectivity index (χ4v) is 12.4. The van der Waals surface area contributed by atoms with Crippen LogP contribution in [0, 0.1) is 12.8 Å². The minimum atomic E-state index is -3.74. The average Bonchev–Trinajstić information content (AvgIpc) is 3.75. The van der Waals surface area contributed by atoms with E-state index in [1.165, 1.54) is 5.56 Å². The van der Waals surface area contributed by atoms with Crippen LogP contribution in [0.2, 0.25) is 0 Å². The number of nitrogens with zero attached hydrogens (tertiary/aromatic N) is 6. The van der Waals surface area contributed by atoms with Crippen LogP contribution >= 0.6 is 0 Å². The van der Waals surface area contributed by atoms with Gasteiger partial charge >= 0.3 is 5.69 Å². The smallest absolute Gasteiger partial charge is 0.329 e. The van der Waals surface area contributed by atoms with Gasteiger partial charge in [-0.2, -0.15) is 4.98 Å². The summed E-state index contributed by atoms with van der Waals surface area (Å²) in [5.41, 5.74) is 5.14. The number of amides is 2. The maximum atomic E-state index is 13.5. The minimum Gasteiger partial charge on any atom is -0.377 e. The van der Waals surface area contributed by atoms with Crippen LogP contribution in [-0.4, -0.2) is 95.7 Å². The molecule has 2 aromatic carbocycles. The third-order valence-corrected chi connectivity index (χ3v) is 16.6. The van der Waals surface area contributed by atoms with Crippen LogP contribution in [0.3, 0.4) is 0 Å². The molecule has 2 amide bonds. The number of fused-ring (bicyclic) bond motifs is 3. The second-order valence-corrected chi connectivity index (χ2v) is 20.9. The molecule has 1 spiro atoms. The van der Waals surface area contributed by atoms with Crippen molar-refractivity contribution >= 4 is 50.3 Å². The molecule has 3 aliphatic heterocycles. The molecule has 1 atom stereocenters. The zero-order chi connectivity index (χ0) is 43.5. The monoisotopic (exact) mass is 879 g/mol. The summed E-state index contributed by atoms with van der Waals surface area (Å²) >= 11 is 0. The number of carbonyl (C=O) groups is 2. The molecule has 3 aliphatic carbocycles. The van der Waals surface area contributed by atoms with Crippen molar-refractivity contribution in [1.82, 2.24) is 34.0 Å². The highest BCUT2D eigenvalue weighted by Gasteiger charge is 2.61. The number of rotatable bonds is 13. The van der Waals surface area contributed by atoms with Crippen molar-refractivity contribution in [3.05, 3.63) is 69.8 Å². The number of imidazole rings is 1. The van der Waals surface area contributed by atoms with Crippen molar-refractivity contribution in [3.63, 3.8) is 0 Å². The third kappa shape index (κ3) is 8.21. The van der Waals surface area contributed by atoms with Gasteiger partial charge in [-0.05, 0) is 144 Å². The summed E-state index contributed by atoms with van der Waals surface area (Å²) in [6, 6.07) is 11.7. The molecule has 4 aromatic rings. The number of aryl methyl sites for hydroxylation is 2. The largest absolute Gasteiger partial charge is 0.377 e. The summed E-state index contributed by atoms with van der Waals surface area (Å²) < 4.78 is 39.1. The van der Waals surface area contributed by atoms with Crippen LogP contribution in [0.15, 0.2) is 52.3 Å². The first kappa shape index (κ1) is 42.3. The van der Waals surface area contributed by atoms with E-state index < -0.39 is 15.4 Å². The van der Waals surface area contributed by atoms with Gasteiger partial charge in [0.2, 0.25) is 27.8 Å². The zero-order valence-corrected chi connectivity index (χ0v) is 37.4. The number of ether oxygens (including phenoxy) is 1. The molecule has 6 aliphatic rings. The number of aromatic nitrogens is 4. The van der Waals surface area contributed by atoms with Crippen molar-refractivity contribution in [2.75, 3.05) is 49.5 Å². The number of hydrogen-bond acceptors (Lipinski definition) is 10. The number of likely N-dealkylation sites (tertiary alicyclic amines) is 1. The fraction of sp³-hybridized carbons (Fsp3) is 0.596. The Balaban J connectivity index is 0.656. The van der Waals surface area contributed by atoms with E-state index in [0.717, 1.165) is 125 Å². The van der Waals surface area contributed by atoms with Gasteiger partial charge < -0.3 is 20.3 Å². The predicted octanol–water partition coefficient (Wildman–Crippen LogP) is 5.69. The lowest BCUT2D eigenvalue weighted by Crippen LogP contribution is -2.39. The van der Waals surface area contributed by atoms with Crippen LogP contribution in [0.5, 0.6) is 0 Å². The first-order valence-corrected chi connectivity index (χ1v) is 24.9. The van der Waals surface area contributed by atoms with Gasteiger partial charge in [-0.15, -0.1) is 0 Å². The molecule has 3 N–H and O–H groups in total. The van der Waals surface area contributed by atoms with Gasteiger partial charge in [-0.3, -0.25) is 23.6 Å². The number of anilines is 3. The van der Waals surface area contributed by atoms with Crippen molar-refractivity contribution in [2.24, 2.45) is 13.0 Å². The minimum absolute atomic E-state index is 0.0162. The molecule has 5 heterocycles. The molecule has 3 saturated carbocycles. The van der Waals surface area contributed by atoms with Crippen molar-refractivity contribution in [3.8, 4) is 0 Å². The molecule has 16 heteroatoms. The molecule has 15 nitrogen and oxygen atoms in total. The number of nitrogens with one attached hydrogen (secondary N) is 3. The van der Waals surface area contributed by atoms with E-state index in [2.05, 4.69) is 43.4 Å². The van der Waals surface area contributed by atoms with Gasteiger partial charge in [0.1, 0.15) is 5.82 Å². The first-order valence-electron chi connectivity index (χ1n) is 23.4. The molecule has 5 fully saturated rings. The second kappa shape index (κ2) is 17.1. The Labute approximate surface area is 369 Å². The Morgan fingerprint density at radius 3 is 2.40 bits per heavy atom. The lowest BCUT2D eigenvalue weighted by Gasteiger charge is -2.36. The van der Waals surface area contributed by atoms with E-state index in [4.69, 9.17) is 9.72 Å². The van der Waals surface area contributed by atoms with Crippen molar-refractivity contribution in [2.45, 2.75) is 131 Å². The summed E-state index contributed by atoms with van der Waals surface area (Å²) in [6.07, 6.45) is 15.4. The normalized spacial score (nSPS) is 24.3. The molecular formula is C47H61N9O6S. The Kier molecular flexibility index (Phi) is 11.5. The molecule has 2 saturated heterocycles.